The maximum atomic E-state index is 12.8. The molecule has 0 aromatic heterocycles. The number of likely N-dealkylation sites (N-methyl/N-ethyl adjacent to an activating group) is 1. The van der Waals surface area contributed by atoms with Gasteiger partial charge in [-0.3, -0.25) is 9.59 Å². The molecule has 0 saturated carbocycles. The predicted molar refractivity (Wildman–Crippen MR) is 113 cm³/mol. The number of benzene rings is 1. The Morgan fingerprint density at radius 1 is 1.07 bits per heavy atom. The van der Waals surface area contributed by atoms with Gasteiger partial charge in [0.1, 0.15) is 18.2 Å². The Labute approximate surface area is 174 Å². The predicted octanol–water partition coefficient (Wildman–Crippen LogP) is 3.19. The molecule has 0 aliphatic heterocycles. The first-order chi connectivity index (χ1) is 13.6. The highest BCUT2D eigenvalue weighted by Crippen LogP contribution is 2.21. The Hall–Kier alpha value is -2.57. The summed E-state index contributed by atoms with van der Waals surface area (Å²) >= 11 is 0. The number of amides is 3. The zero-order valence-corrected chi connectivity index (χ0v) is 18.5. The average Bonchev–Trinajstić information content (AvgIpc) is 2.65. The minimum absolute atomic E-state index is 0.240. The third-order valence-electron chi connectivity index (χ3n) is 4.35. The molecule has 1 aromatic rings. The van der Waals surface area contributed by atoms with Crippen molar-refractivity contribution in [3.05, 3.63) is 35.4 Å². The van der Waals surface area contributed by atoms with Crippen LogP contribution in [0.1, 0.15) is 64.6 Å². The first-order valence-electron chi connectivity index (χ1n) is 10.2. The highest BCUT2D eigenvalue weighted by Gasteiger charge is 2.29. The number of nitrogens with zero attached hydrogens (tertiary/aromatic N) is 1. The van der Waals surface area contributed by atoms with Gasteiger partial charge < -0.3 is 20.3 Å². The van der Waals surface area contributed by atoms with Gasteiger partial charge in [-0.2, -0.15) is 0 Å². The summed E-state index contributed by atoms with van der Waals surface area (Å²) in [6.07, 6.45) is 2.05. The van der Waals surface area contributed by atoms with E-state index in [1.807, 2.05) is 31.2 Å². The smallest absolute Gasteiger partial charge is 0.408 e. The van der Waals surface area contributed by atoms with Gasteiger partial charge in [0.05, 0.1) is 0 Å². The van der Waals surface area contributed by atoms with Crippen molar-refractivity contribution in [3.63, 3.8) is 0 Å². The molecule has 0 aliphatic rings. The normalized spacial score (nSPS) is 12.1. The molecule has 7 nitrogen and oxygen atoms in total. The van der Waals surface area contributed by atoms with Gasteiger partial charge in [-0.05, 0) is 44.7 Å². The summed E-state index contributed by atoms with van der Waals surface area (Å²) in [5.74, 6) is -0.623. The molecule has 0 spiro atoms. The summed E-state index contributed by atoms with van der Waals surface area (Å²) in [7, 11) is 1.57. The van der Waals surface area contributed by atoms with Crippen molar-refractivity contribution in [2.24, 2.45) is 0 Å². The van der Waals surface area contributed by atoms with Crippen molar-refractivity contribution in [2.45, 2.75) is 65.5 Å². The number of alkyl carbamates (subject to hydrolysis) is 1. The van der Waals surface area contributed by atoms with Gasteiger partial charge in [0.15, 0.2) is 0 Å². The van der Waals surface area contributed by atoms with Crippen molar-refractivity contribution in [2.75, 3.05) is 20.1 Å². The van der Waals surface area contributed by atoms with Crippen LogP contribution in [0.5, 0.6) is 0 Å². The van der Waals surface area contributed by atoms with E-state index in [1.165, 1.54) is 4.90 Å². The van der Waals surface area contributed by atoms with E-state index in [2.05, 4.69) is 17.6 Å². The maximum absolute atomic E-state index is 12.8. The number of nitrogens with one attached hydrogen (secondary N) is 2. The van der Waals surface area contributed by atoms with Crippen molar-refractivity contribution >= 4 is 17.9 Å². The molecular formula is C22H35N3O4. The Balaban J connectivity index is 2.90. The lowest BCUT2D eigenvalue weighted by Gasteiger charge is -2.28. The molecule has 29 heavy (non-hydrogen) atoms. The van der Waals surface area contributed by atoms with E-state index < -0.39 is 17.7 Å². The molecule has 0 bridgehead atoms. The van der Waals surface area contributed by atoms with Gasteiger partial charge in [0, 0.05) is 13.6 Å². The molecule has 1 unspecified atom stereocenters. The van der Waals surface area contributed by atoms with E-state index in [4.69, 9.17) is 4.74 Å². The first kappa shape index (κ1) is 24.5. The summed E-state index contributed by atoms with van der Waals surface area (Å²) in [5.41, 5.74) is 1.23. The van der Waals surface area contributed by atoms with E-state index >= 15 is 0 Å². The van der Waals surface area contributed by atoms with Crippen LogP contribution in [0.15, 0.2) is 24.3 Å². The highest BCUT2D eigenvalue weighted by molar-refractivity contribution is 5.90. The van der Waals surface area contributed by atoms with Crippen molar-refractivity contribution in [1.29, 1.82) is 0 Å². The third kappa shape index (κ3) is 8.54. The number of hydrogen-bond donors (Lipinski definition) is 2. The van der Waals surface area contributed by atoms with Crippen LogP contribution < -0.4 is 10.6 Å². The largest absolute Gasteiger partial charge is 0.444 e. The lowest BCUT2D eigenvalue weighted by atomic mass is 10.0. The SMILES string of the molecule is CCCCNC(=O)C(c1ccc(CC)cc1)N(C)C(=O)CNC(=O)OC(C)(C)C. The van der Waals surface area contributed by atoms with Crippen LogP contribution in [0.25, 0.3) is 0 Å². The molecule has 3 amide bonds. The molecule has 1 rings (SSSR count). The summed E-state index contributed by atoms with van der Waals surface area (Å²) in [6, 6.07) is 6.88. The minimum Gasteiger partial charge on any atom is -0.444 e. The van der Waals surface area contributed by atoms with Crippen LogP contribution in [-0.4, -0.2) is 48.5 Å². The fourth-order valence-corrected chi connectivity index (χ4v) is 2.70. The van der Waals surface area contributed by atoms with E-state index in [-0.39, 0.29) is 18.4 Å². The van der Waals surface area contributed by atoms with Crippen LogP contribution in [-0.2, 0) is 20.7 Å². The van der Waals surface area contributed by atoms with Crippen LogP contribution in [0.3, 0.4) is 0 Å². The average molecular weight is 406 g/mol. The van der Waals surface area contributed by atoms with Crippen LogP contribution >= 0.6 is 0 Å². The molecule has 0 radical (unpaired) electrons. The van der Waals surface area contributed by atoms with Crippen LogP contribution in [0, 0.1) is 0 Å². The zero-order valence-electron chi connectivity index (χ0n) is 18.5. The molecule has 1 aromatic carbocycles. The molecule has 0 aliphatic carbocycles. The summed E-state index contributed by atoms with van der Waals surface area (Å²) in [4.78, 5) is 38.7. The molecule has 2 N–H and O–H groups in total. The summed E-state index contributed by atoms with van der Waals surface area (Å²) < 4.78 is 5.15. The minimum atomic E-state index is -0.773. The monoisotopic (exact) mass is 405 g/mol. The Kier molecular flexibility index (Phi) is 9.65. The number of aryl methyl sites for hydroxylation is 1. The number of hydrogen-bond acceptors (Lipinski definition) is 4. The van der Waals surface area contributed by atoms with Gasteiger partial charge in [0.2, 0.25) is 11.8 Å². The van der Waals surface area contributed by atoms with E-state index in [0.717, 1.165) is 30.4 Å². The van der Waals surface area contributed by atoms with Gasteiger partial charge in [-0.1, -0.05) is 44.5 Å². The number of rotatable bonds is 9. The standard InChI is InChI=1S/C22H35N3O4/c1-7-9-14-23-20(27)19(17-12-10-16(8-2)11-13-17)25(6)18(26)15-24-21(28)29-22(3,4)5/h10-13,19H,7-9,14-15H2,1-6H3,(H,23,27)(H,24,28). The topological polar surface area (TPSA) is 87.7 Å². The number of unbranched alkanes of at least 4 members (excludes halogenated alkanes) is 1. The van der Waals surface area contributed by atoms with E-state index in [1.54, 1.807) is 27.8 Å². The molecule has 0 fully saturated rings. The molecule has 0 saturated heterocycles. The summed E-state index contributed by atoms with van der Waals surface area (Å²) in [5, 5.41) is 5.35. The van der Waals surface area contributed by atoms with Gasteiger partial charge in [0.25, 0.3) is 0 Å². The Bertz CT molecular complexity index is 680. The molecule has 7 heteroatoms. The van der Waals surface area contributed by atoms with E-state index in [9.17, 15) is 14.4 Å². The number of carbonyl (C=O) groups excluding carboxylic acids is 3. The Morgan fingerprint density at radius 2 is 1.69 bits per heavy atom. The third-order valence-corrected chi connectivity index (χ3v) is 4.35. The highest BCUT2D eigenvalue weighted by atomic mass is 16.6. The maximum Gasteiger partial charge on any atom is 0.408 e. The fourth-order valence-electron chi connectivity index (χ4n) is 2.70. The van der Waals surface area contributed by atoms with Gasteiger partial charge >= 0.3 is 6.09 Å². The number of carbonyl (C=O) groups is 3. The number of ether oxygens (including phenoxy) is 1. The lowest BCUT2D eigenvalue weighted by molar-refractivity contribution is -0.138. The summed E-state index contributed by atoms with van der Waals surface area (Å²) in [6.45, 7) is 9.65. The van der Waals surface area contributed by atoms with Gasteiger partial charge in [-0.25, -0.2) is 4.79 Å². The molecular weight excluding hydrogens is 370 g/mol. The zero-order chi connectivity index (χ0) is 22.0. The second kappa shape index (κ2) is 11.4. The Morgan fingerprint density at radius 3 is 2.21 bits per heavy atom. The molecule has 162 valence electrons. The van der Waals surface area contributed by atoms with Crippen molar-refractivity contribution in [1.82, 2.24) is 15.5 Å². The first-order valence-corrected chi connectivity index (χ1v) is 10.2. The van der Waals surface area contributed by atoms with E-state index in [0.29, 0.717) is 6.54 Å². The second-order valence-electron chi connectivity index (χ2n) is 8.00. The van der Waals surface area contributed by atoms with Crippen molar-refractivity contribution < 1.29 is 19.1 Å². The second-order valence-corrected chi connectivity index (χ2v) is 8.00. The van der Waals surface area contributed by atoms with Crippen LogP contribution in [0.4, 0.5) is 4.79 Å². The quantitative estimate of drug-likeness (QED) is 0.618. The molecule has 1 atom stereocenters. The van der Waals surface area contributed by atoms with Gasteiger partial charge in [-0.15, -0.1) is 0 Å². The molecule has 0 heterocycles. The van der Waals surface area contributed by atoms with Crippen LogP contribution in [0.2, 0.25) is 0 Å². The lowest BCUT2D eigenvalue weighted by Crippen LogP contribution is -2.46. The fraction of sp³-hybridized carbons (Fsp3) is 0.591. The van der Waals surface area contributed by atoms with Crippen molar-refractivity contribution in [3.8, 4) is 0 Å².